The van der Waals surface area contributed by atoms with E-state index in [1.807, 2.05) is 6.07 Å². The lowest BCUT2D eigenvalue weighted by Gasteiger charge is -2.33. The number of methoxy groups -OCH3 is 1. The van der Waals surface area contributed by atoms with Crippen LogP contribution >= 0.6 is 27.3 Å². The van der Waals surface area contributed by atoms with Crippen molar-refractivity contribution in [1.82, 2.24) is 0 Å². The summed E-state index contributed by atoms with van der Waals surface area (Å²) in [6.45, 7) is 13.7. The molecular formula is C28H38BrNO4S. The quantitative estimate of drug-likeness (QED) is 0.279. The Balaban J connectivity index is 1.60. The molecule has 7 heteroatoms. The topological polar surface area (TPSA) is 64.6 Å². The molecule has 1 N–H and O–H groups in total. The van der Waals surface area contributed by atoms with Crippen LogP contribution in [0, 0.1) is 11.3 Å². The number of halogens is 1. The Bertz CT molecular complexity index is 1080. The smallest absolute Gasteiger partial charge is 0.341 e. The lowest BCUT2D eigenvalue weighted by atomic mass is 9.72. The highest BCUT2D eigenvalue weighted by Crippen LogP contribution is 2.44. The van der Waals surface area contributed by atoms with E-state index in [0.29, 0.717) is 35.9 Å². The molecule has 0 radical (unpaired) electrons. The van der Waals surface area contributed by atoms with Crippen molar-refractivity contribution in [3.63, 3.8) is 0 Å². The van der Waals surface area contributed by atoms with E-state index >= 15 is 0 Å². The summed E-state index contributed by atoms with van der Waals surface area (Å²) in [5.41, 5.74) is 3.08. The molecule has 2 aromatic rings. The van der Waals surface area contributed by atoms with Gasteiger partial charge in [0, 0.05) is 11.3 Å². The first-order chi connectivity index (χ1) is 16.3. The molecule has 1 atom stereocenters. The zero-order valence-electron chi connectivity index (χ0n) is 22.0. The molecule has 1 aliphatic carbocycles. The van der Waals surface area contributed by atoms with Gasteiger partial charge in [0.25, 0.3) is 0 Å². The van der Waals surface area contributed by atoms with E-state index in [9.17, 15) is 9.59 Å². The highest BCUT2D eigenvalue weighted by atomic mass is 79.9. The zero-order chi connectivity index (χ0) is 26.0. The SMILES string of the molecule is COC(=O)c1c(NC(=O)CCCOc2ccc(C(C)(C)C)cc2Br)sc2c1CCC(C(C)(C)C)C2. The molecule has 0 fully saturated rings. The molecule has 1 aromatic carbocycles. The van der Waals surface area contributed by atoms with Crippen molar-refractivity contribution in [2.45, 2.75) is 79.1 Å². The van der Waals surface area contributed by atoms with Crippen LogP contribution in [0.1, 0.15) is 87.2 Å². The van der Waals surface area contributed by atoms with Crippen molar-refractivity contribution in [1.29, 1.82) is 0 Å². The number of carbonyl (C=O) groups excluding carboxylic acids is 2. The van der Waals surface area contributed by atoms with Crippen molar-refractivity contribution in [3.8, 4) is 5.75 Å². The molecule has 0 saturated heterocycles. The number of hydrogen-bond acceptors (Lipinski definition) is 5. The second-order valence-corrected chi connectivity index (χ2v) is 13.4. The summed E-state index contributed by atoms with van der Waals surface area (Å²) in [5.74, 6) is 0.827. The average molecular weight is 565 g/mol. The first kappa shape index (κ1) is 27.7. The van der Waals surface area contributed by atoms with E-state index in [-0.39, 0.29) is 22.7 Å². The molecule has 1 heterocycles. The van der Waals surface area contributed by atoms with E-state index in [1.165, 1.54) is 28.9 Å². The fourth-order valence-corrected chi connectivity index (χ4v) is 6.24. The van der Waals surface area contributed by atoms with Crippen LogP contribution in [0.3, 0.4) is 0 Å². The predicted octanol–water partition coefficient (Wildman–Crippen LogP) is 7.54. The number of thiophene rings is 1. The van der Waals surface area contributed by atoms with Gasteiger partial charge in [0.05, 0.1) is 23.8 Å². The number of ether oxygens (including phenoxy) is 2. The number of hydrogen-bond donors (Lipinski definition) is 1. The van der Waals surface area contributed by atoms with Gasteiger partial charge in [0.15, 0.2) is 0 Å². The number of rotatable bonds is 7. The van der Waals surface area contributed by atoms with Crippen LogP contribution in [0.2, 0.25) is 0 Å². The molecule has 0 saturated carbocycles. The highest BCUT2D eigenvalue weighted by molar-refractivity contribution is 9.10. The number of amides is 1. The lowest BCUT2D eigenvalue weighted by Crippen LogP contribution is -2.26. The number of esters is 1. The number of benzene rings is 1. The van der Waals surface area contributed by atoms with Crippen LogP contribution in [0.5, 0.6) is 5.75 Å². The molecule has 1 unspecified atom stereocenters. The van der Waals surface area contributed by atoms with Crippen molar-refractivity contribution >= 4 is 44.1 Å². The van der Waals surface area contributed by atoms with E-state index in [4.69, 9.17) is 9.47 Å². The Morgan fingerprint density at radius 3 is 2.49 bits per heavy atom. The Labute approximate surface area is 222 Å². The van der Waals surface area contributed by atoms with Gasteiger partial charge in [-0.1, -0.05) is 47.6 Å². The van der Waals surface area contributed by atoms with Gasteiger partial charge in [0.2, 0.25) is 5.91 Å². The molecule has 0 bridgehead atoms. The first-order valence-electron chi connectivity index (χ1n) is 12.3. The second-order valence-electron chi connectivity index (χ2n) is 11.4. The molecule has 1 aliphatic rings. The largest absolute Gasteiger partial charge is 0.492 e. The van der Waals surface area contributed by atoms with Crippen molar-refractivity contribution in [2.24, 2.45) is 11.3 Å². The lowest BCUT2D eigenvalue weighted by molar-refractivity contribution is -0.116. The van der Waals surface area contributed by atoms with Gasteiger partial charge in [-0.05, 0) is 81.6 Å². The second kappa shape index (κ2) is 11.0. The van der Waals surface area contributed by atoms with Crippen LogP contribution in [-0.4, -0.2) is 25.6 Å². The van der Waals surface area contributed by atoms with E-state index in [1.54, 1.807) is 0 Å². The Kier molecular flexibility index (Phi) is 8.74. The first-order valence-corrected chi connectivity index (χ1v) is 13.9. The van der Waals surface area contributed by atoms with Gasteiger partial charge < -0.3 is 14.8 Å². The third-order valence-corrected chi connectivity index (χ3v) is 8.53. The van der Waals surface area contributed by atoms with Gasteiger partial charge in [-0.3, -0.25) is 4.79 Å². The average Bonchev–Trinajstić information content (AvgIpc) is 3.12. The van der Waals surface area contributed by atoms with Crippen LogP contribution in [0.4, 0.5) is 5.00 Å². The molecule has 3 rings (SSSR count). The summed E-state index contributed by atoms with van der Waals surface area (Å²) >= 11 is 5.12. The van der Waals surface area contributed by atoms with Gasteiger partial charge in [-0.2, -0.15) is 0 Å². The molecule has 0 aliphatic heterocycles. The van der Waals surface area contributed by atoms with Gasteiger partial charge >= 0.3 is 5.97 Å². The van der Waals surface area contributed by atoms with Gasteiger partial charge in [0.1, 0.15) is 10.8 Å². The summed E-state index contributed by atoms with van der Waals surface area (Å²) in [7, 11) is 1.39. The summed E-state index contributed by atoms with van der Waals surface area (Å²) in [4.78, 5) is 26.5. The minimum Gasteiger partial charge on any atom is -0.492 e. The monoisotopic (exact) mass is 563 g/mol. The zero-order valence-corrected chi connectivity index (χ0v) is 24.4. The molecule has 1 amide bonds. The van der Waals surface area contributed by atoms with E-state index in [2.05, 4.69) is 74.9 Å². The maximum absolute atomic E-state index is 12.7. The summed E-state index contributed by atoms with van der Waals surface area (Å²) in [6, 6.07) is 6.12. The standard InChI is InChI=1S/C28H38BrNO4S/c1-27(2,3)17-11-13-21(20(29)15-17)34-14-8-9-23(31)30-25-24(26(32)33-7)19-12-10-18(28(4,5)6)16-22(19)35-25/h11,13,15,18H,8-10,12,14,16H2,1-7H3,(H,30,31). The normalized spacial score (nSPS) is 15.9. The number of nitrogens with one attached hydrogen (secondary N) is 1. The van der Waals surface area contributed by atoms with Gasteiger partial charge in [-0.25, -0.2) is 4.79 Å². The summed E-state index contributed by atoms with van der Waals surface area (Å²) < 4.78 is 11.9. The maximum Gasteiger partial charge on any atom is 0.341 e. The molecule has 5 nitrogen and oxygen atoms in total. The summed E-state index contributed by atoms with van der Waals surface area (Å²) in [6.07, 6.45) is 3.69. The van der Waals surface area contributed by atoms with E-state index < -0.39 is 0 Å². The number of fused-ring (bicyclic) bond motifs is 1. The van der Waals surface area contributed by atoms with Crippen LogP contribution < -0.4 is 10.1 Å². The van der Waals surface area contributed by atoms with Crippen LogP contribution in [0.25, 0.3) is 0 Å². The molecular weight excluding hydrogens is 526 g/mol. The number of carbonyl (C=O) groups is 2. The molecule has 192 valence electrons. The van der Waals surface area contributed by atoms with Crippen molar-refractivity contribution in [2.75, 3.05) is 19.0 Å². The fourth-order valence-electron chi connectivity index (χ4n) is 4.42. The van der Waals surface area contributed by atoms with Crippen molar-refractivity contribution in [3.05, 3.63) is 44.2 Å². The molecule has 35 heavy (non-hydrogen) atoms. The van der Waals surface area contributed by atoms with Crippen molar-refractivity contribution < 1.29 is 19.1 Å². The van der Waals surface area contributed by atoms with Crippen LogP contribution in [0.15, 0.2) is 22.7 Å². The molecule has 0 spiro atoms. The van der Waals surface area contributed by atoms with Gasteiger partial charge in [-0.15, -0.1) is 11.3 Å². The number of anilines is 1. The Morgan fingerprint density at radius 2 is 1.89 bits per heavy atom. The Hall–Kier alpha value is -1.86. The minimum atomic E-state index is -0.376. The maximum atomic E-state index is 12.7. The third-order valence-electron chi connectivity index (χ3n) is 6.74. The summed E-state index contributed by atoms with van der Waals surface area (Å²) in [5, 5.41) is 3.60. The molecule has 1 aromatic heterocycles. The minimum absolute atomic E-state index is 0.0663. The predicted molar refractivity (Wildman–Crippen MR) is 147 cm³/mol. The third kappa shape index (κ3) is 6.88. The Morgan fingerprint density at radius 1 is 1.17 bits per heavy atom. The van der Waals surface area contributed by atoms with Crippen LogP contribution in [-0.2, 0) is 27.8 Å². The highest BCUT2D eigenvalue weighted by Gasteiger charge is 2.34. The fraction of sp³-hybridized carbons (Fsp3) is 0.571. The van der Waals surface area contributed by atoms with E-state index in [0.717, 1.165) is 35.0 Å².